The summed E-state index contributed by atoms with van der Waals surface area (Å²) in [7, 11) is 0. The molecule has 0 amide bonds. The monoisotopic (exact) mass is 136 g/mol. The molecule has 44 valence electrons. The van der Waals surface area contributed by atoms with Gasteiger partial charge in [-0.1, -0.05) is 4.94 Å². The third kappa shape index (κ3) is 2.67. The second-order valence-electron chi connectivity index (χ2n) is 0.618. The molecule has 0 aromatic carbocycles. The quantitative estimate of drug-likeness (QED) is 0.537. The molecule has 6 heteroatoms. The lowest BCUT2D eigenvalue weighted by Gasteiger charge is -2.00. The SMILES string of the molecule is FOC(F)(F)OCl. The summed E-state index contributed by atoms with van der Waals surface area (Å²) in [6.07, 6.45) is -4.32. The fourth-order valence-electron chi connectivity index (χ4n) is 0.0119. The molecule has 0 rings (SSSR count). The standard InChI is InChI=1S/CClF3O2/c2-6-1(3,4)7-5. The average molecular weight is 136 g/mol. The first-order valence-electron chi connectivity index (χ1n) is 1.09. The minimum absolute atomic E-state index is 1.90. The van der Waals surface area contributed by atoms with Crippen molar-refractivity contribution in [3.8, 4) is 0 Å². The summed E-state index contributed by atoms with van der Waals surface area (Å²) in [6.45, 7) is 0. The van der Waals surface area contributed by atoms with E-state index in [2.05, 4.69) is 16.2 Å². The second kappa shape index (κ2) is 2.34. The smallest absolute Gasteiger partial charge is 0.181 e. The van der Waals surface area contributed by atoms with E-state index in [1.54, 1.807) is 0 Å². The first-order valence-corrected chi connectivity index (χ1v) is 1.40. The van der Waals surface area contributed by atoms with Gasteiger partial charge in [0.15, 0.2) is 0 Å². The van der Waals surface area contributed by atoms with Crippen LogP contribution >= 0.6 is 11.9 Å². The van der Waals surface area contributed by atoms with Crippen molar-refractivity contribution in [2.24, 2.45) is 0 Å². The lowest BCUT2D eigenvalue weighted by molar-refractivity contribution is -0.436. The number of hydrogen-bond donors (Lipinski definition) is 0. The highest BCUT2D eigenvalue weighted by Gasteiger charge is 2.33. The Labute approximate surface area is 41.8 Å². The fraction of sp³-hybridized carbons (Fsp3) is 1.00. The van der Waals surface area contributed by atoms with Gasteiger partial charge in [0.25, 0.3) is 0 Å². The summed E-state index contributed by atoms with van der Waals surface area (Å²) in [5.41, 5.74) is 0. The highest BCUT2D eigenvalue weighted by Crippen LogP contribution is 2.18. The molecule has 0 aliphatic rings. The predicted octanol–water partition coefficient (Wildman–Crippen LogP) is 1.61. The van der Waals surface area contributed by atoms with Crippen LogP contribution < -0.4 is 0 Å². The van der Waals surface area contributed by atoms with Crippen LogP contribution in [0.4, 0.5) is 13.3 Å². The summed E-state index contributed by atoms with van der Waals surface area (Å²) in [5.74, 6) is 0. The van der Waals surface area contributed by atoms with Crippen LogP contribution in [-0.4, -0.2) is 6.29 Å². The van der Waals surface area contributed by atoms with Gasteiger partial charge < -0.3 is 0 Å². The number of rotatable bonds is 2. The molecule has 0 aliphatic heterocycles. The summed E-state index contributed by atoms with van der Waals surface area (Å²) in [4.78, 5) is 1.90. The molecule has 0 aromatic rings. The van der Waals surface area contributed by atoms with Gasteiger partial charge in [-0.3, -0.25) is 0 Å². The second-order valence-corrected chi connectivity index (χ2v) is 0.772. The summed E-state index contributed by atoms with van der Waals surface area (Å²) < 4.78 is 34.8. The van der Waals surface area contributed by atoms with Crippen molar-refractivity contribution < 1.29 is 22.5 Å². The van der Waals surface area contributed by atoms with Crippen molar-refractivity contribution in [1.82, 2.24) is 0 Å². The van der Waals surface area contributed by atoms with Gasteiger partial charge in [0.2, 0.25) is 0 Å². The highest BCUT2D eigenvalue weighted by molar-refractivity contribution is 6.07. The van der Waals surface area contributed by atoms with Crippen molar-refractivity contribution in [1.29, 1.82) is 0 Å². The van der Waals surface area contributed by atoms with Crippen LogP contribution in [0.15, 0.2) is 0 Å². The molecule has 0 aromatic heterocycles. The lowest BCUT2D eigenvalue weighted by Crippen LogP contribution is -2.15. The molecule has 0 saturated carbocycles. The van der Waals surface area contributed by atoms with Gasteiger partial charge in [0.1, 0.15) is 0 Å². The van der Waals surface area contributed by atoms with Crippen LogP contribution in [-0.2, 0) is 9.23 Å². The molecule has 0 bridgehead atoms. The van der Waals surface area contributed by atoms with Crippen molar-refractivity contribution >= 4 is 11.9 Å². The highest BCUT2D eigenvalue weighted by atomic mass is 35.5. The summed E-state index contributed by atoms with van der Waals surface area (Å²) in [5, 5.41) is 0. The third-order valence-corrected chi connectivity index (χ3v) is 0.359. The summed E-state index contributed by atoms with van der Waals surface area (Å²) >= 11 is 3.98. The molecule has 0 atom stereocenters. The van der Waals surface area contributed by atoms with Gasteiger partial charge in [-0.25, -0.2) is 0 Å². The van der Waals surface area contributed by atoms with E-state index >= 15 is 0 Å². The van der Waals surface area contributed by atoms with Crippen LogP contribution in [0.2, 0.25) is 0 Å². The molecule has 2 nitrogen and oxygen atoms in total. The fourth-order valence-corrected chi connectivity index (χ4v) is 0.0357. The molecule has 0 fully saturated rings. The van der Waals surface area contributed by atoms with E-state index in [0.29, 0.717) is 0 Å². The van der Waals surface area contributed by atoms with E-state index < -0.39 is 6.29 Å². The van der Waals surface area contributed by atoms with Crippen LogP contribution in [0, 0.1) is 0 Å². The molecule has 0 spiro atoms. The lowest BCUT2D eigenvalue weighted by atomic mass is 11.3. The minimum atomic E-state index is -4.32. The van der Waals surface area contributed by atoms with Crippen LogP contribution in [0.3, 0.4) is 0 Å². The number of halogens is 4. The van der Waals surface area contributed by atoms with E-state index in [-0.39, 0.29) is 0 Å². The molecule has 0 radical (unpaired) electrons. The molecule has 0 unspecified atom stereocenters. The first-order chi connectivity index (χ1) is 3.12. The zero-order valence-electron chi connectivity index (χ0n) is 2.83. The minimum Gasteiger partial charge on any atom is -0.181 e. The van der Waals surface area contributed by atoms with Crippen LogP contribution in [0.5, 0.6) is 0 Å². The van der Waals surface area contributed by atoms with E-state index in [0.717, 1.165) is 0 Å². The Morgan fingerprint density at radius 3 is 1.86 bits per heavy atom. The Hall–Kier alpha value is 0. The molecular weight excluding hydrogens is 136 g/mol. The van der Waals surface area contributed by atoms with Gasteiger partial charge in [0.05, 0.1) is 11.9 Å². The van der Waals surface area contributed by atoms with Crippen molar-refractivity contribution in [3.63, 3.8) is 0 Å². The van der Waals surface area contributed by atoms with E-state index in [1.165, 1.54) is 0 Å². The number of hydrogen-bond acceptors (Lipinski definition) is 2. The Kier molecular flexibility index (Phi) is 2.34. The first kappa shape index (κ1) is 7.00. The van der Waals surface area contributed by atoms with Gasteiger partial charge in [-0.05, 0) is 4.53 Å². The Morgan fingerprint density at radius 2 is 1.86 bits per heavy atom. The zero-order chi connectivity index (χ0) is 5.91. The number of alkyl halides is 2. The van der Waals surface area contributed by atoms with Gasteiger partial charge in [0, 0.05) is 0 Å². The Bertz CT molecular complexity index is 50.9. The molecule has 0 N–H and O–H groups in total. The summed E-state index contributed by atoms with van der Waals surface area (Å²) in [6, 6.07) is 0. The van der Waals surface area contributed by atoms with E-state index in [1.807, 2.05) is 4.94 Å². The van der Waals surface area contributed by atoms with Gasteiger partial charge in [-0.15, -0.1) is 8.78 Å². The van der Waals surface area contributed by atoms with E-state index in [9.17, 15) is 13.3 Å². The molecular formula is CClF3O2. The topological polar surface area (TPSA) is 18.5 Å². The van der Waals surface area contributed by atoms with E-state index in [4.69, 9.17) is 0 Å². The van der Waals surface area contributed by atoms with Crippen LogP contribution in [0.25, 0.3) is 0 Å². The Balaban J connectivity index is 3.36. The largest absolute Gasteiger partial charge is 0.532 e. The van der Waals surface area contributed by atoms with Crippen molar-refractivity contribution in [2.75, 3.05) is 0 Å². The molecule has 0 saturated heterocycles. The van der Waals surface area contributed by atoms with Gasteiger partial charge in [-0.2, -0.15) is 4.29 Å². The maximum atomic E-state index is 10.9. The third-order valence-electron chi connectivity index (χ3n) is 0.180. The zero-order valence-corrected chi connectivity index (χ0v) is 3.58. The van der Waals surface area contributed by atoms with Gasteiger partial charge >= 0.3 is 6.29 Å². The van der Waals surface area contributed by atoms with Crippen molar-refractivity contribution in [3.05, 3.63) is 0 Å². The maximum Gasteiger partial charge on any atom is 0.532 e. The van der Waals surface area contributed by atoms with Crippen LogP contribution in [0.1, 0.15) is 0 Å². The molecule has 0 aliphatic carbocycles. The molecule has 7 heavy (non-hydrogen) atoms. The Morgan fingerprint density at radius 1 is 1.43 bits per heavy atom. The molecule has 0 heterocycles. The predicted molar refractivity (Wildman–Crippen MR) is 14.1 cm³/mol. The average Bonchev–Trinajstić information content (AvgIpc) is 1.68. The van der Waals surface area contributed by atoms with Crippen molar-refractivity contribution in [2.45, 2.75) is 6.29 Å². The normalized spacial score (nSPS) is 12.0. The maximum absolute atomic E-state index is 10.9.